The van der Waals surface area contributed by atoms with E-state index < -0.39 is 11.7 Å². The molecule has 8 nitrogen and oxygen atoms in total. The first-order valence-electron chi connectivity index (χ1n) is 9.69. The second-order valence-electron chi connectivity index (χ2n) is 7.99. The number of nitrogen functional groups attached to an aromatic ring is 1. The number of aryl methyl sites for hydroxylation is 1. The summed E-state index contributed by atoms with van der Waals surface area (Å²) in [4.78, 5) is 44.8. The zero-order chi connectivity index (χ0) is 21.2. The molecule has 1 aliphatic heterocycles. The van der Waals surface area contributed by atoms with E-state index in [0.717, 1.165) is 17.4 Å². The number of carbonyl (C=O) groups is 3. The molecule has 0 saturated heterocycles. The molecule has 2 atom stereocenters. The van der Waals surface area contributed by atoms with Crippen LogP contribution in [0.3, 0.4) is 0 Å². The molecule has 5 rings (SSSR count). The lowest BCUT2D eigenvalue weighted by Crippen LogP contribution is -2.15. The fraction of sp³-hybridized carbons (Fsp3) is 0.227. The van der Waals surface area contributed by atoms with Crippen LogP contribution in [0.25, 0.3) is 22.0 Å². The molecule has 0 unspecified atom stereocenters. The monoisotopic (exact) mass is 401 g/mol. The van der Waals surface area contributed by atoms with Crippen LogP contribution in [-0.4, -0.2) is 27.6 Å². The number of carbonyl (C=O) groups excluding carboxylic acids is 3. The molecule has 0 radical (unpaired) electrons. The van der Waals surface area contributed by atoms with Crippen molar-refractivity contribution < 1.29 is 14.4 Å². The molecule has 2 aromatic heterocycles. The normalized spacial score (nSPS) is 19.5. The molecule has 0 bridgehead atoms. The van der Waals surface area contributed by atoms with Gasteiger partial charge in [0.1, 0.15) is 11.6 Å². The Labute approximate surface area is 171 Å². The Morgan fingerprint density at radius 3 is 2.70 bits per heavy atom. The molecular weight excluding hydrogens is 382 g/mol. The van der Waals surface area contributed by atoms with E-state index in [2.05, 4.69) is 20.6 Å². The summed E-state index contributed by atoms with van der Waals surface area (Å²) in [6, 6.07) is 7.02. The van der Waals surface area contributed by atoms with E-state index in [4.69, 9.17) is 5.73 Å². The van der Waals surface area contributed by atoms with Gasteiger partial charge in [0, 0.05) is 23.1 Å². The van der Waals surface area contributed by atoms with Crippen LogP contribution < -0.4 is 16.4 Å². The van der Waals surface area contributed by atoms with E-state index in [1.54, 1.807) is 24.4 Å². The lowest BCUT2D eigenvalue weighted by molar-refractivity contribution is -0.117. The SMILES string of the molecule is Cc1cc2c(cc1-c1cc3cc(NC(=O)[C@H]4C[C@@H]4C)ncc3c(N)n1)C(=O)C(=O)N2. The van der Waals surface area contributed by atoms with Crippen LogP contribution in [0.4, 0.5) is 17.3 Å². The fourth-order valence-electron chi connectivity index (χ4n) is 3.86. The maximum atomic E-state index is 12.2. The number of rotatable bonds is 3. The maximum absolute atomic E-state index is 12.2. The van der Waals surface area contributed by atoms with Crippen LogP contribution in [0.2, 0.25) is 0 Å². The van der Waals surface area contributed by atoms with Crippen molar-refractivity contribution in [3.63, 3.8) is 0 Å². The van der Waals surface area contributed by atoms with Gasteiger partial charge in [-0.1, -0.05) is 6.92 Å². The largest absolute Gasteiger partial charge is 0.383 e. The van der Waals surface area contributed by atoms with Gasteiger partial charge in [0.05, 0.1) is 16.9 Å². The van der Waals surface area contributed by atoms with Crippen molar-refractivity contribution in [2.24, 2.45) is 11.8 Å². The predicted octanol–water partition coefficient (Wildman–Crippen LogP) is 2.92. The van der Waals surface area contributed by atoms with Crippen molar-refractivity contribution in [3.05, 3.63) is 41.6 Å². The highest BCUT2D eigenvalue weighted by atomic mass is 16.2. The van der Waals surface area contributed by atoms with E-state index in [0.29, 0.717) is 45.4 Å². The third kappa shape index (κ3) is 2.88. The first-order chi connectivity index (χ1) is 14.3. The van der Waals surface area contributed by atoms with Crippen molar-refractivity contribution in [1.29, 1.82) is 0 Å². The molecule has 30 heavy (non-hydrogen) atoms. The van der Waals surface area contributed by atoms with Crippen molar-refractivity contribution in [2.75, 3.05) is 16.4 Å². The number of fused-ring (bicyclic) bond motifs is 2. The number of nitrogens with one attached hydrogen (secondary N) is 2. The van der Waals surface area contributed by atoms with E-state index in [1.807, 2.05) is 19.9 Å². The highest BCUT2D eigenvalue weighted by Gasteiger charge is 2.39. The Morgan fingerprint density at radius 1 is 1.20 bits per heavy atom. The summed E-state index contributed by atoms with van der Waals surface area (Å²) in [6.07, 6.45) is 2.49. The topological polar surface area (TPSA) is 127 Å². The number of ketones is 1. The van der Waals surface area contributed by atoms with Gasteiger partial charge >= 0.3 is 0 Å². The number of hydrogen-bond acceptors (Lipinski definition) is 6. The number of pyridine rings is 2. The molecular formula is C22H19N5O3. The van der Waals surface area contributed by atoms with Crippen LogP contribution in [0.1, 0.15) is 29.3 Å². The van der Waals surface area contributed by atoms with Gasteiger partial charge in [0.25, 0.3) is 11.7 Å². The summed E-state index contributed by atoms with van der Waals surface area (Å²) in [5, 5.41) is 6.87. The highest BCUT2D eigenvalue weighted by Crippen LogP contribution is 2.39. The van der Waals surface area contributed by atoms with Gasteiger partial charge in [-0.2, -0.15) is 0 Å². The first kappa shape index (κ1) is 18.2. The number of Topliss-reactive ketones (excluding diaryl/α,β-unsaturated/α-hetero) is 1. The number of amides is 2. The van der Waals surface area contributed by atoms with Gasteiger partial charge in [-0.05, 0) is 54.5 Å². The number of aromatic nitrogens is 2. The van der Waals surface area contributed by atoms with Crippen LogP contribution in [-0.2, 0) is 9.59 Å². The van der Waals surface area contributed by atoms with E-state index >= 15 is 0 Å². The summed E-state index contributed by atoms with van der Waals surface area (Å²) >= 11 is 0. The van der Waals surface area contributed by atoms with Gasteiger partial charge in [0.2, 0.25) is 5.91 Å². The zero-order valence-corrected chi connectivity index (χ0v) is 16.4. The van der Waals surface area contributed by atoms with Crippen molar-refractivity contribution >= 4 is 45.7 Å². The van der Waals surface area contributed by atoms with Gasteiger partial charge in [-0.15, -0.1) is 0 Å². The zero-order valence-electron chi connectivity index (χ0n) is 16.4. The lowest BCUT2D eigenvalue weighted by Gasteiger charge is -2.11. The molecule has 2 amide bonds. The minimum absolute atomic E-state index is 0.0262. The number of hydrogen-bond donors (Lipinski definition) is 3. The highest BCUT2D eigenvalue weighted by molar-refractivity contribution is 6.51. The van der Waals surface area contributed by atoms with E-state index in [9.17, 15) is 14.4 Å². The van der Waals surface area contributed by atoms with Crippen molar-refractivity contribution in [3.8, 4) is 11.3 Å². The second kappa shape index (κ2) is 6.35. The molecule has 2 aliphatic rings. The average Bonchev–Trinajstić information content (AvgIpc) is 3.37. The Morgan fingerprint density at radius 2 is 1.97 bits per heavy atom. The average molecular weight is 401 g/mol. The standard InChI is InChI=1S/C22H19N5O3/c1-9-3-13(9)21(29)27-18-6-11-5-17(25-20(23)15(11)8-24-18)12-7-14-16(4-10(12)2)26-22(30)19(14)28/h4-9,13H,3H2,1-2H3,(H2,23,25)(H,24,27,29)(H,26,28,30)/t9-,13-/m0/s1. The summed E-state index contributed by atoms with van der Waals surface area (Å²) < 4.78 is 0. The Balaban J connectivity index is 1.56. The van der Waals surface area contributed by atoms with Crippen molar-refractivity contribution in [1.82, 2.24) is 9.97 Å². The molecule has 0 spiro atoms. The third-order valence-corrected chi connectivity index (χ3v) is 5.78. The second-order valence-corrected chi connectivity index (χ2v) is 7.99. The van der Waals surface area contributed by atoms with Crippen LogP contribution in [0, 0.1) is 18.8 Å². The predicted molar refractivity (Wildman–Crippen MR) is 113 cm³/mol. The smallest absolute Gasteiger partial charge is 0.296 e. The number of benzene rings is 1. The summed E-state index contributed by atoms with van der Waals surface area (Å²) in [5.74, 6) is -0.0237. The molecule has 4 N–H and O–H groups in total. The molecule has 8 heteroatoms. The first-order valence-corrected chi connectivity index (χ1v) is 9.69. The quantitative estimate of drug-likeness (QED) is 0.579. The Kier molecular flexibility index (Phi) is 3.86. The Hall–Kier alpha value is -3.81. The minimum Gasteiger partial charge on any atom is -0.383 e. The molecule has 1 aliphatic carbocycles. The van der Waals surface area contributed by atoms with Gasteiger partial charge in [-0.25, -0.2) is 9.97 Å². The van der Waals surface area contributed by atoms with Gasteiger partial charge < -0.3 is 16.4 Å². The number of anilines is 3. The molecule has 3 aromatic rings. The van der Waals surface area contributed by atoms with Crippen LogP contribution in [0.5, 0.6) is 0 Å². The summed E-state index contributed by atoms with van der Waals surface area (Å²) in [6.45, 7) is 3.92. The third-order valence-electron chi connectivity index (χ3n) is 5.78. The Bertz CT molecular complexity index is 1280. The molecule has 150 valence electrons. The van der Waals surface area contributed by atoms with E-state index in [-0.39, 0.29) is 11.8 Å². The van der Waals surface area contributed by atoms with Gasteiger partial charge in [-0.3, -0.25) is 14.4 Å². The number of nitrogens with zero attached hydrogens (tertiary/aromatic N) is 2. The lowest BCUT2D eigenvalue weighted by atomic mass is 9.98. The summed E-state index contributed by atoms with van der Waals surface area (Å²) in [5.41, 5.74) is 9.12. The molecule has 1 aromatic carbocycles. The molecule has 3 heterocycles. The summed E-state index contributed by atoms with van der Waals surface area (Å²) in [7, 11) is 0. The van der Waals surface area contributed by atoms with Gasteiger partial charge in [0.15, 0.2) is 0 Å². The fourth-order valence-corrected chi connectivity index (χ4v) is 3.86. The maximum Gasteiger partial charge on any atom is 0.296 e. The number of nitrogens with two attached hydrogens (primary N) is 1. The van der Waals surface area contributed by atoms with E-state index in [1.165, 1.54) is 0 Å². The molecule has 1 fully saturated rings. The molecule has 1 saturated carbocycles. The van der Waals surface area contributed by atoms with Crippen molar-refractivity contribution in [2.45, 2.75) is 20.3 Å². The van der Waals surface area contributed by atoms with Crippen LogP contribution in [0.15, 0.2) is 30.5 Å². The minimum atomic E-state index is -0.635. The van der Waals surface area contributed by atoms with Crippen LogP contribution >= 0.6 is 0 Å².